The molecule has 5 nitrogen and oxygen atoms in total. The summed E-state index contributed by atoms with van der Waals surface area (Å²) >= 11 is 0. The Kier molecular flexibility index (Phi) is 8.37. The van der Waals surface area contributed by atoms with Crippen LogP contribution in [0.5, 0.6) is 0 Å². The summed E-state index contributed by atoms with van der Waals surface area (Å²) < 4.78 is 14.9. The van der Waals surface area contributed by atoms with E-state index >= 15 is 0 Å². The average molecular weight is 282 g/mol. The number of hydrogen-bond donors (Lipinski definition) is 1. The van der Waals surface area contributed by atoms with Crippen molar-refractivity contribution in [3.8, 4) is 12.2 Å². The van der Waals surface area contributed by atoms with Crippen molar-refractivity contribution < 1.29 is 24.1 Å². The standard InChI is InChI=1S/C15H22O5/c1-6-14(16)15(17,12(3)4)11-19-10-13(5)20-9-8-18-7-2/h7,13,17H,2-3,6,10-11H2,1,4-5H3. The molecule has 1 N–H and O–H groups in total. The number of aliphatic hydroxyl groups is 1. The molecular formula is C15H22O5. The highest BCUT2D eigenvalue weighted by atomic mass is 16.5. The molecule has 0 bridgehead atoms. The fourth-order valence-electron chi connectivity index (χ4n) is 1.33. The first-order chi connectivity index (χ1) is 9.38. The Bertz CT molecular complexity index is 404. The summed E-state index contributed by atoms with van der Waals surface area (Å²) in [7, 11) is 0. The predicted molar refractivity (Wildman–Crippen MR) is 75.5 cm³/mol. The monoisotopic (exact) mass is 282 g/mol. The van der Waals surface area contributed by atoms with Crippen molar-refractivity contribution in [3.63, 3.8) is 0 Å². The van der Waals surface area contributed by atoms with Gasteiger partial charge in [0.25, 0.3) is 0 Å². The van der Waals surface area contributed by atoms with E-state index in [9.17, 15) is 9.90 Å². The number of carbonyl (C=O) groups is 1. The Morgan fingerprint density at radius 2 is 2.15 bits per heavy atom. The van der Waals surface area contributed by atoms with E-state index in [1.807, 2.05) is 0 Å². The van der Waals surface area contributed by atoms with Crippen molar-refractivity contribution in [3.05, 3.63) is 25.0 Å². The van der Waals surface area contributed by atoms with Gasteiger partial charge in [0, 0.05) is 6.42 Å². The van der Waals surface area contributed by atoms with Gasteiger partial charge in [-0.1, -0.05) is 20.1 Å². The summed E-state index contributed by atoms with van der Waals surface area (Å²) in [5.74, 6) is -0.322. The second-order valence-electron chi connectivity index (χ2n) is 4.35. The molecule has 0 amide bonds. The molecule has 5 heteroatoms. The number of Topliss-reactive ketones (excluding diaryl/α,β-unsaturated/α-hetero) is 1. The molecule has 0 fully saturated rings. The van der Waals surface area contributed by atoms with Gasteiger partial charge in [0.05, 0.1) is 19.5 Å². The number of ketones is 1. The van der Waals surface area contributed by atoms with Crippen molar-refractivity contribution in [2.45, 2.75) is 38.9 Å². The zero-order chi connectivity index (χ0) is 15.6. The van der Waals surface area contributed by atoms with Crippen LogP contribution in [0.4, 0.5) is 0 Å². The van der Waals surface area contributed by atoms with Gasteiger partial charge in [0.2, 0.25) is 0 Å². The molecule has 0 heterocycles. The van der Waals surface area contributed by atoms with E-state index in [2.05, 4.69) is 30.1 Å². The lowest BCUT2D eigenvalue weighted by molar-refractivity contribution is -0.140. The maximum Gasteiger partial charge on any atom is 0.170 e. The third-order valence-electron chi connectivity index (χ3n) is 2.60. The predicted octanol–water partition coefficient (Wildman–Crippen LogP) is 1.77. The third-order valence-corrected chi connectivity index (χ3v) is 2.60. The van der Waals surface area contributed by atoms with Crippen LogP contribution in [0.15, 0.2) is 25.0 Å². The van der Waals surface area contributed by atoms with Crippen LogP contribution in [-0.2, 0) is 19.0 Å². The first-order valence-corrected chi connectivity index (χ1v) is 6.30. The van der Waals surface area contributed by atoms with Gasteiger partial charge in [-0.25, -0.2) is 0 Å². The molecule has 0 aromatic heterocycles. The first-order valence-electron chi connectivity index (χ1n) is 6.30. The van der Waals surface area contributed by atoms with Gasteiger partial charge in [-0.15, -0.1) is 0 Å². The fraction of sp³-hybridized carbons (Fsp3) is 0.533. The molecule has 2 unspecified atom stereocenters. The van der Waals surface area contributed by atoms with Gasteiger partial charge in [-0.05, 0) is 19.4 Å². The Labute approximate surface area is 120 Å². The van der Waals surface area contributed by atoms with E-state index in [1.54, 1.807) is 20.8 Å². The van der Waals surface area contributed by atoms with Crippen molar-refractivity contribution in [1.29, 1.82) is 0 Å². The maximum atomic E-state index is 11.7. The number of ether oxygens (including phenoxy) is 3. The SMILES string of the molecule is C=COC#COC(C)COCC(O)(C(=C)C)C(=O)CC. The normalized spacial score (nSPS) is 14.2. The van der Waals surface area contributed by atoms with Crippen LogP contribution in [-0.4, -0.2) is 35.8 Å². The first kappa shape index (κ1) is 18.2. The molecule has 0 aliphatic rings. The lowest BCUT2D eigenvalue weighted by atomic mass is 9.90. The summed E-state index contributed by atoms with van der Waals surface area (Å²) in [4.78, 5) is 11.7. The van der Waals surface area contributed by atoms with Crippen molar-refractivity contribution in [2.24, 2.45) is 0 Å². The fourth-order valence-corrected chi connectivity index (χ4v) is 1.33. The van der Waals surface area contributed by atoms with Crippen LogP contribution in [0.25, 0.3) is 0 Å². The molecular weight excluding hydrogens is 260 g/mol. The largest absolute Gasteiger partial charge is 0.439 e. The van der Waals surface area contributed by atoms with E-state index in [1.165, 1.54) is 6.26 Å². The van der Waals surface area contributed by atoms with E-state index in [4.69, 9.17) is 9.47 Å². The minimum absolute atomic E-state index is 0.153. The molecule has 2 atom stereocenters. The average Bonchev–Trinajstić information content (AvgIpc) is 2.42. The smallest absolute Gasteiger partial charge is 0.170 e. The highest BCUT2D eigenvalue weighted by Crippen LogP contribution is 2.18. The summed E-state index contributed by atoms with van der Waals surface area (Å²) in [6.07, 6.45) is 5.64. The van der Waals surface area contributed by atoms with Gasteiger partial charge in [-0.2, -0.15) is 0 Å². The van der Waals surface area contributed by atoms with Gasteiger partial charge in [0.15, 0.2) is 23.6 Å². The number of hydrogen-bond acceptors (Lipinski definition) is 5. The molecule has 0 saturated heterocycles. The topological polar surface area (TPSA) is 65.0 Å². The molecule has 0 aromatic rings. The van der Waals surface area contributed by atoms with Crippen LogP contribution in [0, 0.1) is 12.2 Å². The highest BCUT2D eigenvalue weighted by Gasteiger charge is 2.35. The molecule has 0 rings (SSSR count). The quantitative estimate of drug-likeness (QED) is 0.397. The Hall–Kier alpha value is -1.77. The minimum Gasteiger partial charge on any atom is -0.439 e. The molecule has 0 aliphatic heterocycles. The summed E-state index contributed by atoms with van der Waals surface area (Å²) in [6.45, 7) is 12.0. The number of rotatable bonds is 9. The van der Waals surface area contributed by atoms with Gasteiger partial charge in [-0.3, -0.25) is 4.79 Å². The van der Waals surface area contributed by atoms with E-state index in [0.717, 1.165) is 0 Å². The molecule has 0 aromatic carbocycles. The molecule has 0 aliphatic carbocycles. The molecule has 0 radical (unpaired) electrons. The molecule has 0 saturated carbocycles. The van der Waals surface area contributed by atoms with Crippen molar-refractivity contribution in [1.82, 2.24) is 0 Å². The maximum absolute atomic E-state index is 11.7. The van der Waals surface area contributed by atoms with Crippen LogP contribution in [0.2, 0.25) is 0 Å². The molecule has 112 valence electrons. The Morgan fingerprint density at radius 3 is 2.65 bits per heavy atom. The third kappa shape index (κ3) is 5.91. The van der Waals surface area contributed by atoms with E-state index in [0.29, 0.717) is 5.57 Å². The summed E-state index contributed by atoms with van der Waals surface area (Å²) in [5.41, 5.74) is -1.29. The van der Waals surface area contributed by atoms with Gasteiger partial charge >= 0.3 is 0 Å². The van der Waals surface area contributed by atoms with Crippen LogP contribution < -0.4 is 0 Å². The minimum atomic E-state index is -1.65. The van der Waals surface area contributed by atoms with E-state index < -0.39 is 5.60 Å². The van der Waals surface area contributed by atoms with E-state index in [-0.39, 0.29) is 31.5 Å². The number of carbonyl (C=O) groups excluding carboxylic acids is 1. The highest BCUT2D eigenvalue weighted by molar-refractivity contribution is 5.90. The van der Waals surface area contributed by atoms with Crippen LogP contribution in [0.3, 0.4) is 0 Å². The van der Waals surface area contributed by atoms with Crippen molar-refractivity contribution >= 4 is 5.78 Å². The lowest BCUT2D eigenvalue weighted by Gasteiger charge is -2.27. The summed E-state index contributed by atoms with van der Waals surface area (Å²) in [6, 6.07) is 0. The Morgan fingerprint density at radius 1 is 1.50 bits per heavy atom. The zero-order valence-corrected chi connectivity index (χ0v) is 12.3. The second kappa shape index (κ2) is 9.18. The van der Waals surface area contributed by atoms with Crippen LogP contribution in [0.1, 0.15) is 27.2 Å². The lowest BCUT2D eigenvalue weighted by Crippen LogP contribution is -2.44. The van der Waals surface area contributed by atoms with Gasteiger partial charge in [0.1, 0.15) is 6.10 Å². The van der Waals surface area contributed by atoms with Crippen molar-refractivity contribution in [2.75, 3.05) is 13.2 Å². The Balaban J connectivity index is 4.26. The van der Waals surface area contributed by atoms with Crippen LogP contribution >= 0.6 is 0 Å². The summed E-state index contributed by atoms with van der Waals surface area (Å²) in [5, 5.41) is 10.2. The zero-order valence-electron chi connectivity index (χ0n) is 12.3. The molecule has 0 spiro atoms. The second-order valence-corrected chi connectivity index (χ2v) is 4.35. The molecule has 20 heavy (non-hydrogen) atoms. The van der Waals surface area contributed by atoms with Gasteiger partial charge < -0.3 is 19.3 Å².